The van der Waals surface area contributed by atoms with Gasteiger partial charge in [0, 0.05) is 19.4 Å². The molecule has 1 unspecified atom stereocenters. The molecule has 2 rings (SSSR count). The zero-order valence-electron chi connectivity index (χ0n) is 18.5. The lowest BCUT2D eigenvalue weighted by molar-refractivity contribution is -0.148. The number of para-hydroxylation sites is 1. The minimum absolute atomic E-state index is 0.0819. The number of carboxylic acid groups (broad SMARTS) is 1. The number of carboxylic acids is 1. The molecule has 1 saturated heterocycles. The first-order chi connectivity index (χ1) is 15.2. The SMILES string of the molecule is C[C@@H](CCOc1ccccc1)[C@H](O)C=CC1CC(F)(F)C(=O)N1CCCCCCC(=O)O. The van der Waals surface area contributed by atoms with Crippen molar-refractivity contribution in [2.24, 2.45) is 5.92 Å². The van der Waals surface area contributed by atoms with Gasteiger partial charge in [-0.25, -0.2) is 0 Å². The van der Waals surface area contributed by atoms with E-state index in [-0.39, 0.29) is 18.9 Å². The maximum atomic E-state index is 14.0. The van der Waals surface area contributed by atoms with Gasteiger partial charge in [-0.15, -0.1) is 0 Å². The molecular formula is C24H33F2NO5. The lowest BCUT2D eigenvalue weighted by Gasteiger charge is -2.22. The summed E-state index contributed by atoms with van der Waals surface area (Å²) in [5, 5.41) is 19.0. The number of carbonyl (C=O) groups excluding carboxylic acids is 1. The fourth-order valence-electron chi connectivity index (χ4n) is 3.65. The Balaban J connectivity index is 1.81. The predicted octanol–water partition coefficient (Wildman–Crippen LogP) is 4.28. The van der Waals surface area contributed by atoms with E-state index in [0.717, 1.165) is 5.75 Å². The molecule has 1 heterocycles. The van der Waals surface area contributed by atoms with Crippen LogP contribution < -0.4 is 4.74 Å². The third-order valence-corrected chi connectivity index (χ3v) is 5.68. The van der Waals surface area contributed by atoms with Crippen molar-refractivity contribution in [3.05, 3.63) is 42.5 Å². The van der Waals surface area contributed by atoms with E-state index < -0.39 is 36.4 Å². The van der Waals surface area contributed by atoms with Crippen LogP contribution in [0.2, 0.25) is 0 Å². The molecule has 0 saturated carbocycles. The molecule has 1 amide bonds. The second-order valence-electron chi connectivity index (χ2n) is 8.34. The summed E-state index contributed by atoms with van der Waals surface area (Å²) in [4.78, 5) is 23.8. The predicted molar refractivity (Wildman–Crippen MR) is 117 cm³/mol. The van der Waals surface area contributed by atoms with E-state index in [4.69, 9.17) is 9.84 Å². The molecule has 0 radical (unpaired) electrons. The van der Waals surface area contributed by atoms with Crippen molar-refractivity contribution in [3.63, 3.8) is 0 Å². The number of benzene rings is 1. The van der Waals surface area contributed by atoms with Gasteiger partial charge in [-0.3, -0.25) is 9.59 Å². The van der Waals surface area contributed by atoms with E-state index in [0.29, 0.717) is 38.7 Å². The molecule has 1 aromatic rings. The first kappa shape index (κ1) is 25.8. The number of hydrogen-bond acceptors (Lipinski definition) is 4. The van der Waals surface area contributed by atoms with Crippen LogP contribution in [0.1, 0.15) is 51.9 Å². The average molecular weight is 454 g/mol. The van der Waals surface area contributed by atoms with Gasteiger partial charge in [0.15, 0.2) is 0 Å². The first-order valence-corrected chi connectivity index (χ1v) is 11.2. The number of aliphatic hydroxyl groups is 1. The van der Waals surface area contributed by atoms with Crippen LogP contribution in [-0.2, 0) is 9.59 Å². The molecule has 178 valence electrons. The van der Waals surface area contributed by atoms with Crippen molar-refractivity contribution in [1.82, 2.24) is 4.90 Å². The monoisotopic (exact) mass is 453 g/mol. The summed E-state index contributed by atoms with van der Waals surface area (Å²) < 4.78 is 33.6. The van der Waals surface area contributed by atoms with Crippen molar-refractivity contribution >= 4 is 11.9 Å². The van der Waals surface area contributed by atoms with Crippen LogP contribution in [0.3, 0.4) is 0 Å². The summed E-state index contributed by atoms with van der Waals surface area (Å²) in [6, 6.07) is 8.56. The largest absolute Gasteiger partial charge is 0.494 e. The van der Waals surface area contributed by atoms with Crippen LogP contribution in [0.25, 0.3) is 0 Å². The third kappa shape index (κ3) is 8.22. The number of amides is 1. The Morgan fingerprint density at radius 3 is 2.62 bits per heavy atom. The van der Waals surface area contributed by atoms with Crippen LogP contribution in [0.15, 0.2) is 42.5 Å². The Bertz CT molecular complexity index is 756. The van der Waals surface area contributed by atoms with Gasteiger partial charge in [0.1, 0.15) is 5.75 Å². The normalized spacial score (nSPS) is 19.9. The molecule has 32 heavy (non-hydrogen) atoms. The van der Waals surface area contributed by atoms with Crippen molar-refractivity contribution in [2.75, 3.05) is 13.2 Å². The van der Waals surface area contributed by atoms with E-state index in [1.54, 1.807) is 0 Å². The van der Waals surface area contributed by atoms with Crippen molar-refractivity contribution < 1.29 is 33.3 Å². The summed E-state index contributed by atoms with van der Waals surface area (Å²) in [6.07, 6.45) is 4.62. The number of unbranched alkanes of at least 4 members (excludes halogenated alkanes) is 3. The van der Waals surface area contributed by atoms with Crippen LogP contribution in [0.4, 0.5) is 8.78 Å². The fourth-order valence-corrected chi connectivity index (χ4v) is 3.65. The molecule has 8 heteroatoms. The highest BCUT2D eigenvalue weighted by Crippen LogP contribution is 2.34. The molecule has 0 spiro atoms. The second kappa shape index (κ2) is 12.5. The van der Waals surface area contributed by atoms with Gasteiger partial charge in [0.05, 0.1) is 18.8 Å². The minimum atomic E-state index is -3.40. The van der Waals surface area contributed by atoms with E-state index in [2.05, 4.69) is 0 Å². The van der Waals surface area contributed by atoms with Crippen LogP contribution in [0, 0.1) is 5.92 Å². The Labute approximate surface area is 187 Å². The van der Waals surface area contributed by atoms with Crippen LogP contribution in [0.5, 0.6) is 5.75 Å². The zero-order chi connectivity index (χ0) is 23.6. The number of likely N-dealkylation sites (tertiary alicyclic amines) is 1. The number of carbonyl (C=O) groups is 2. The van der Waals surface area contributed by atoms with Crippen molar-refractivity contribution in [2.45, 2.75) is 69.9 Å². The highest BCUT2D eigenvalue weighted by molar-refractivity contribution is 5.86. The third-order valence-electron chi connectivity index (χ3n) is 5.68. The van der Waals surface area contributed by atoms with E-state index in [1.807, 2.05) is 37.3 Å². The smallest absolute Gasteiger partial charge is 0.327 e. The van der Waals surface area contributed by atoms with Gasteiger partial charge in [0.25, 0.3) is 5.91 Å². The van der Waals surface area contributed by atoms with Crippen LogP contribution in [-0.4, -0.2) is 58.2 Å². The van der Waals surface area contributed by atoms with Crippen molar-refractivity contribution in [3.8, 4) is 5.75 Å². The summed E-state index contributed by atoms with van der Waals surface area (Å²) in [5.41, 5.74) is 0. The number of aliphatic carboxylic acids is 1. The zero-order valence-corrected chi connectivity index (χ0v) is 18.5. The summed E-state index contributed by atoms with van der Waals surface area (Å²) in [5.74, 6) is -4.84. The van der Waals surface area contributed by atoms with Gasteiger partial charge < -0.3 is 19.8 Å². The molecule has 2 N–H and O–H groups in total. The number of aliphatic hydroxyl groups excluding tert-OH is 1. The minimum Gasteiger partial charge on any atom is -0.494 e. The topological polar surface area (TPSA) is 87.1 Å². The van der Waals surface area contributed by atoms with E-state index in [9.17, 15) is 23.5 Å². The maximum absolute atomic E-state index is 14.0. The number of ether oxygens (including phenoxy) is 1. The standard InChI is InChI=1S/C24H33F2NO5/c1-18(14-16-32-20-9-5-4-6-10-20)21(28)13-12-19-17-24(25,26)23(31)27(19)15-8-3-2-7-11-22(29)30/h4-6,9-10,12-13,18-19,21,28H,2-3,7-8,11,14-17H2,1H3,(H,29,30)/t18-,19?,21+/m0/s1. The highest BCUT2D eigenvalue weighted by Gasteiger charge is 2.52. The maximum Gasteiger partial charge on any atom is 0.327 e. The molecule has 1 aliphatic rings. The molecule has 1 aliphatic heterocycles. The lowest BCUT2D eigenvalue weighted by Crippen LogP contribution is -2.36. The molecule has 1 aromatic carbocycles. The van der Waals surface area contributed by atoms with Gasteiger partial charge in [-0.05, 0) is 37.3 Å². The molecule has 0 aromatic heterocycles. The summed E-state index contributed by atoms with van der Waals surface area (Å²) in [7, 11) is 0. The lowest BCUT2D eigenvalue weighted by atomic mass is 10.00. The molecule has 1 fully saturated rings. The molecule has 0 aliphatic carbocycles. The van der Waals surface area contributed by atoms with Gasteiger partial charge in [-0.1, -0.05) is 50.1 Å². The van der Waals surface area contributed by atoms with E-state index >= 15 is 0 Å². The van der Waals surface area contributed by atoms with Gasteiger partial charge in [-0.2, -0.15) is 8.78 Å². The fraction of sp³-hybridized carbons (Fsp3) is 0.583. The second-order valence-corrected chi connectivity index (χ2v) is 8.34. The highest BCUT2D eigenvalue weighted by atomic mass is 19.3. The quantitative estimate of drug-likeness (QED) is 0.324. The Hall–Kier alpha value is -2.48. The number of rotatable bonds is 14. The molecular weight excluding hydrogens is 420 g/mol. The number of nitrogens with zero attached hydrogens (tertiary/aromatic N) is 1. The first-order valence-electron chi connectivity index (χ1n) is 11.2. The average Bonchev–Trinajstić information content (AvgIpc) is 2.97. The van der Waals surface area contributed by atoms with Gasteiger partial charge >= 0.3 is 11.9 Å². The molecule has 3 atom stereocenters. The summed E-state index contributed by atoms with van der Waals surface area (Å²) >= 11 is 0. The van der Waals surface area contributed by atoms with Gasteiger partial charge in [0.2, 0.25) is 0 Å². The Morgan fingerprint density at radius 1 is 1.25 bits per heavy atom. The van der Waals surface area contributed by atoms with Crippen LogP contribution >= 0.6 is 0 Å². The Morgan fingerprint density at radius 2 is 1.94 bits per heavy atom. The number of hydrogen-bond donors (Lipinski definition) is 2. The van der Waals surface area contributed by atoms with E-state index in [1.165, 1.54) is 17.1 Å². The molecule has 0 bridgehead atoms. The summed E-state index contributed by atoms with van der Waals surface area (Å²) in [6.45, 7) is 2.46. The number of alkyl halides is 2. The number of halogens is 2. The Kier molecular flexibility index (Phi) is 10.1. The molecule has 6 nitrogen and oxygen atoms in total. The van der Waals surface area contributed by atoms with Crippen molar-refractivity contribution in [1.29, 1.82) is 0 Å².